The maximum absolute atomic E-state index is 12.2. The maximum Gasteiger partial charge on any atom is 0.358 e. The predicted octanol–water partition coefficient (Wildman–Crippen LogP) is 2.98. The van der Waals surface area contributed by atoms with Crippen LogP contribution in [-0.2, 0) is 9.53 Å². The van der Waals surface area contributed by atoms with Crippen molar-refractivity contribution in [2.75, 3.05) is 13.1 Å². The highest BCUT2D eigenvalue weighted by molar-refractivity contribution is 7.13. The number of hydrogen-bond donors (Lipinski definition) is 0. The summed E-state index contributed by atoms with van der Waals surface area (Å²) in [6.07, 6.45) is 1.25. The van der Waals surface area contributed by atoms with Gasteiger partial charge < -0.3 is 9.64 Å². The number of esters is 1. The molecule has 0 saturated carbocycles. The third kappa shape index (κ3) is 3.59. The molecule has 0 radical (unpaired) electrons. The Balaban J connectivity index is 1.64. The summed E-state index contributed by atoms with van der Waals surface area (Å²) in [4.78, 5) is 30.4. The zero-order valence-corrected chi connectivity index (χ0v) is 13.7. The van der Waals surface area contributed by atoms with Gasteiger partial charge in [-0.05, 0) is 19.8 Å². The van der Waals surface area contributed by atoms with Crippen LogP contribution < -0.4 is 0 Å². The molecule has 0 spiro atoms. The van der Waals surface area contributed by atoms with E-state index < -0.39 is 12.1 Å². The number of likely N-dealkylation sites (tertiary alicyclic amines) is 1. The molecule has 5 nitrogen and oxygen atoms in total. The minimum absolute atomic E-state index is 0.130. The second kappa shape index (κ2) is 6.91. The third-order valence-electron chi connectivity index (χ3n) is 3.78. The van der Waals surface area contributed by atoms with Crippen molar-refractivity contribution in [1.29, 1.82) is 0 Å². The van der Waals surface area contributed by atoms with Gasteiger partial charge in [-0.25, -0.2) is 9.78 Å². The largest absolute Gasteiger partial charge is 0.448 e. The Kier molecular flexibility index (Phi) is 4.71. The Labute approximate surface area is 138 Å². The van der Waals surface area contributed by atoms with Crippen LogP contribution in [0, 0.1) is 0 Å². The monoisotopic (exact) mass is 330 g/mol. The SMILES string of the molecule is C[C@H](OC(=O)c1csc(-c2ccccc2)n1)C(=O)N1CCCC1. The number of rotatable bonds is 4. The fourth-order valence-corrected chi connectivity index (χ4v) is 3.34. The molecule has 2 aromatic rings. The van der Waals surface area contributed by atoms with E-state index in [1.165, 1.54) is 11.3 Å². The molecule has 2 heterocycles. The second-order valence-electron chi connectivity index (χ2n) is 5.48. The Hall–Kier alpha value is -2.21. The lowest BCUT2D eigenvalue weighted by Crippen LogP contribution is -2.38. The molecular formula is C17H18N2O3S. The van der Waals surface area contributed by atoms with Gasteiger partial charge >= 0.3 is 5.97 Å². The average Bonchev–Trinajstić information content (AvgIpc) is 3.26. The standard InChI is InChI=1S/C17H18N2O3S/c1-12(16(20)19-9-5-6-10-19)22-17(21)14-11-23-15(18-14)13-7-3-2-4-8-13/h2-4,7-8,11-12H,5-6,9-10H2,1H3/t12-/m0/s1. The smallest absolute Gasteiger partial charge is 0.358 e. The molecule has 3 rings (SSSR count). The Morgan fingerprint density at radius 2 is 1.91 bits per heavy atom. The topological polar surface area (TPSA) is 59.5 Å². The third-order valence-corrected chi connectivity index (χ3v) is 4.67. The number of benzene rings is 1. The molecule has 1 amide bonds. The molecular weight excluding hydrogens is 312 g/mol. The van der Waals surface area contributed by atoms with Crippen molar-refractivity contribution in [1.82, 2.24) is 9.88 Å². The number of nitrogens with zero attached hydrogens (tertiary/aromatic N) is 2. The van der Waals surface area contributed by atoms with Crippen LogP contribution >= 0.6 is 11.3 Å². The van der Waals surface area contributed by atoms with Gasteiger partial charge in [0.15, 0.2) is 11.8 Å². The Morgan fingerprint density at radius 1 is 1.22 bits per heavy atom. The van der Waals surface area contributed by atoms with E-state index >= 15 is 0 Å². The normalized spacial score (nSPS) is 15.4. The quantitative estimate of drug-likeness (QED) is 0.809. The van der Waals surface area contributed by atoms with Crippen molar-refractivity contribution in [3.05, 3.63) is 41.4 Å². The minimum atomic E-state index is -0.775. The molecule has 1 fully saturated rings. The molecule has 1 aromatic carbocycles. The number of amides is 1. The van der Waals surface area contributed by atoms with Crippen LogP contribution in [0.5, 0.6) is 0 Å². The molecule has 120 valence electrons. The van der Waals surface area contributed by atoms with Gasteiger partial charge in [0.1, 0.15) is 5.01 Å². The number of ether oxygens (including phenoxy) is 1. The Bertz CT molecular complexity index is 693. The minimum Gasteiger partial charge on any atom is -0.448 e. The summed E-state index contributed by atoms with van der Waals surface area (Å²) in [6.45, 7) is 3.11. The van der Waals surface area contributed by atoms with Crippen LogP contribution in [0.25, 0.3) is 10.6 Å². The van der Waals surface area contributed by atoms with Crippen molar-refractivity contribution in [3.63, 3.8) is 0 Å². The van der Waals surface area contributed by atoms with E-state index in [9.17, 15) is 9.59 Å². The summed E-state index contributed by atoms with van der Waals surface area (Å²) in [6, 6.07) is 9.65. The van der Waals surface area contributed by atoms with Gasteiger partial charge in [-0.2, -0.15) is 0 Å². The van der Waals surface area contributed by atoms with Crippen molar-refractivity contribution >= 4 is 23.2 Å². The van der Waals surface area contributed by atoms with E-state index in [4.69, 9.17) is 4.74 Å². The summed E-state index contributed by atoms with van der Waals surface area (Å²) in [5.74, 6) is -0.683. The maximum atomic E-state index is 12.2. The van der Waals surface area contributed by atoms with Gasteiger partial charge in [0.25, 0.3) is 5.91 Å². The van der Waals surface area contributed by atoms with Crippen LogP contribution in [0.2, 0.25) is 0 Å². The van der Waals surface area contributed by atoms with Crippen molar-refractivity contribution in [2.24, 2.45) is 0 Å². The van der Waals surface area contributed by atoms with Crippen LogP contribution in [0.15, 0.2) is 35.7 Å². The first-order valence-electron chi connectivity index (χ1n) is 7.66. The number of carbonyl (C=O) groups excluding carboxylic acids is 2. The van der Waals surface area contributed by atoms with Gasteiger partial charge in [0.05, 0.1) is 0 Å². The van der Waals surface area contributed by atoms with Crippen molar-refractivity contribution in [3.8, 4) is 10.6 Å². The lowest BCUT2D eigenvalue weighted by atomic mass is 10.2. The van der Waals surface area contributed by atoms with Crippen molar-refractivity contribution in [2.45, 2.75) is 25.9 Å². The van der Waals surface area contributed by atoms with Crippen molar-refractivity contribution < 1.29 is 14.3 Å². The average molecular weight is 330 g/mol. The van der Waals surface area contributed by atoms with Gasteiger partial charge in [0, 0.05) is 24.0 Å². The highest BCUT2D eigenvalue weighted by Crippen LogP contribution is 2.23. The number of hydrogen-bond acceptors (Lipinski definition) is 5. The molecule has 1 saturated heterocycles. The molecule has 23 heavy (non-hydrogen) atoms. The van der Waals surface area contributed by atoms with E-state index in [0.717, 1.165) is 36.5 Å². The van der Waals surface area contributed by atoms with E-state index in [0.29, 0.717) is 0 Å². The van der Waals surface area contributed by atoms with Crippen LogP contribution in [0.4, 0.5) is 0 Å². The van der Waals surface area contributed by atoms with Crippen LogP contribution in [-0.4, -0.2) is 41.0 Å². The number of aromatic nitrogens is 1. The summed E-state index contributed by atoms with van der Waals surface area (Å²) in [5.41, 5.74) is 1.20. The molecule has 0 N–H and O–H groups in total. The zero-order chi connectivity index (χ0) is 16.2. The molecule has 1 aliphatic heterocycles. The van der Waals surface area contributed by atoms with E-state index in [2.05, 4.69) is 4.98 Å². The summed E-state index contributed by atoms with van der Waals surface area (Å²) in [7, 11) is 0. The fraction of sp³-hybridized carbons (Fsp3) is 0.353. The van der Waals surface area contributed by atoms with Crippen LogP contribution in [0.3, 0.4) is 0 Å². The van der Waals surface area contributed by atoms with E-state index in [1.54, 1.807) is 17.2 Å². The van der Waals surface area contributed by atoms with E-state index in [1.807, 2.05) is 30.3 Å². The van der Waals surface area contributed by atoms with Crippen LogP contribution in [0.1, 0.15) is 30.3 Å². The summed E-state index contributed by atoms with van der Waals surface area (Å²) >= 11 is 1.38. The molecule has 0 aliphatic carbocycles. The van der Waals surface area contributed by atoms with Gasteiger partial charge in [-0.15, -0.1) is 11.3 Å². The lowest BCUT2D eigenvalue weighted by Gasteiger charge is -2.19. The zero-order valence-electron chi connectivity index (χ0n) is 12.9. The second-order valence-corrected chi connectivity index (χ2v) is 6.34. The predicted molar refractivity (Wildman–Crippen MR) is 88.2 cm³/mol. The lowest BCUT2D eigenvalue weighted by molar-refractivity contribution is -0.138. The van der Waals surface area contributed by atoms with Gasteiger partial charge in [-0.1, -0.05) is 30.3 Å². The first-order valence-corrected chi connectivity index (χ1v) is 8.54. The van der Waals surface area contributed by atoms with Gasteiger partial charge in [0.2, 0.25) is 0 Å². The van der Waals surface area contributed by atoms with E-state index in [-0.39, 0.29) is 11.6 Å². The molecule has 1 atom stereocenters. The summed E-state index contributed by atoms with van der Waals surface area (Å²) in [5, 5.41) is 2.42. The molecule has 1 aromatic heterocycles. The molecule has 0 bridgehead atoms. The summed E-state index contributed by atoms with van der Waals surface area (Å²) < 4.78 is 5.27. The number of thiazole rings is 1. The molecule has 6 heteroatoms. The first kappa shape index (κ1) is 15.7. The highest BCUT2D eigenvalue weighted by Gasteiger charge is 2.27. The molecule has 0 unspecified atom stereocenters. The first-order chi connectivity index (χ1) is 11.1. The van der Waals surface area contributed by atoms with Gasteiger partial charge in [-0.3, -0.25) is 4.79 Å². The molecule has 1 aliphatic rings. The fourth-order valence-electron chi connectivity index (χ4n) is 2.55. The Morgan fingerprint density at radius 3 is 2.61 bits per heavy atom. The highest BCUT2D eigenvalue weighted by atomic mass is 32.1. The number of carbonyl (C=O) groups is 2.